The zero-order valence-corrected chi connectivity index (χ0v) is 19.2. The third kappa shape index (κ3) is 4.88. The van der Waals surface area contributed by atoms with E-state index in [1.807, 2.05) is 31.6 Å². The second-order valence-corrected chi connectivity index (χ2v) is 8.47. The quantitative estimate of drug-likeness (QED) is 0.302. The summed E-state index contributed by atoms with van der Waals surface area (Å²) in [6.07, 6.45) is 13.3. The molecule has 4 rings (SSSR count). The first-order valence-electron chi connectivity index (χ1n) is 11.4. The molecule has 2 aromatic carbocycles. The van der Waals surface area contributed by atoms with Crippen LogP contribution in [0.15, 0.2) is 90.3 Å². The Morgan fingerprint density at radius 2 is 1.91 bits per heavy atom. The summed E-state index contributed by atoms with van der Waals surface area (Å²) in [5, 5.41) is 9.23. The lowest BCUT2D eigenvalue weighted by Crippen LogP contribution is -2.10. The van der Waals surface area contributed by atoms with Crippen LogP contribution in [0.5, 0.6) is 0 Å². The molecule has 162 valence electrons. The van der Waals surface area contributed by atoms with Crippen LogP contribution in [0.3, 0.4) is 0 Å². The highest BCUT2D eigenvalue weighted by molar-refractivity contribution is 5.91. The van der Waals surface area contributed by atoms with Gasteiger partial charge in [-0.2, -0.15) is 0 Å². The normalized spacial score (nSPS) is 15.2. The number of aromatic nitrogens is 1. The Hall–Kier alpha value is -3.46. The van der Waals surface area contributed by atoms with Crippen molar-refractivity contribution in [3.05, 3.63) is 101 Å². The maximum atomic E-state index is 8.12. The predicted molar refractivity (Wildman–Crippen MR) is 137 cm³/mol. The largest absolute Gasteiger partial charge is 0.350 e. The molecule has 32 heavy (non-hydrogen) atoms. The summed E-state index contributed by atoms with van der Waals surface area (Å²) >= 11 is 0. The topological polar surface area (TPSA) is 40.0 Å². The number of rotatable bonds is 8. The van der Waals surface area contributed by atoms with Gasteiger partial charge in [0.15, 0.2) is 0 Å². The number of benzene rings is 2. The van der Waals surface area contributed by atoms with Gasteiger partial charge in [0.25, 0.3) is 0 Å². The van der Waals surface area contributed by atoms with Crippen molar-refractivity contribution < 1.29 is 0 Å². The molecule has 1 saturated carbocycles. The smallest absolute Gasteiger partial charge is 0.0703 e. The zero-order chi connectivity index (χ0) is 22.5. The van der Waals surface area contributed by atoms with E-state index in [1.54, 1.807) is 0 Å². The number of fused-ring (bicyclic) bond motifs is 1. The summed E-state index contributed by atoms with van der Waals surface area (Å²) < 4.78 is 0. The number of allylic oxidation sites excluding steroid dienone is 5. The van der Waals surface area contributed by atoms with Crippen LogP contribution >= 0.6 is 0 Å². The molecule has 1 fully saturated rings. The highest BCUT2D eigenvalue weighted by Gasteiger charge is 2.23. The molecule has 0 unspecified atom stereocenters. The van der Waals surface area contributed by atoms with E-state index >= 15 is 0 Å². The Labute approximate surface area is 191 Å². The molecule has 1 heterocycles. The van der Waals surface area contributed by atoms with Crippen molar-refractivity contribution in [2.75, 3.05) is 11.9 Å². The third-order valence-corrected chi connectivity index (χ3v) is 6.11. The summed E-state index contributed by atoms with van der Waals surface area (Å²) in [5.41, 5.74) is 7.84. The molecule has 3 aromatic rings. The predicted octanol–water partition coefficient (Wildman–Crippen LogP) is 7.52. The summed E-state index contributed by atoms with van der Waals surface area (Å²) in [4.78, 5) is 6.49. The van der Waals surface area contributed by atoms with Crippen molar-refractivity contribution >= 4 is 28.4 Å². The molecule has 0 amide bonds. The summed E-state index contributed by atoms with van der Waals surface area (Å²) in [6.45, 7) is 4.26. The van der Waals surface area contributed by atoms with Gasteiger partial charge in [0, 0.05) is 42.3 Å². The van der Waals surface area contributed by atoms with Gasteiger partial charge in [0.05, 0.1) is 5.52 Å². The molecular formula is C29H31N3. The number of pyridine rings is 1. The van der Waals surface area contributed by atoms with Gasteiger partial charge in [0.2, 0.25) is 0 Å². The highest BCUT2D eigenvalue weighted by atomic mass is 15.1. The molecule has 0 radical (unpaired) electrons. The van der Waals surface area contributed by atoms with Gasteiger partial charge < -0.3 is 10.3 Å². The molecule has 0 aliphatic heterocycles. The van der Waals surface area contributed by atoms with Gasteiger partial charge in [-0.25, -0.2) is 0 Å². The van der Waals surface area contributed by atoms with E-state index in [0.717, 1.165) is 40.1 Å². The Morgan fingerprint density at radius 1 is 1.12 bits per heavy atom. The first-order valence-corrected chi connectivity index (χ1v) is 11.4. The minimum absolute atomic E-state index is 0.756. The fraction of sp³-hybridized carbons (Fsp3) is 0.241. The molecule has 1 aliphatic rings. The molecule has 1 aromatic heterocycles. The van der Waals surface area contributed by atoms with E-state index in [1.165, 1.54) is 35.8 Å². The lowest BCUT2D eigenvalue weighted by molar-refractivity contribution is 1.13. The van der Waals surface area contributed by atoms with Crippen LogP contribution in [0.25, 0.3) is 16.5 Å². The number of nitrogens with one attached hydrogen (secondary N) is 1. The fourth-order valence-electron chi connectivity index (χ4n) is 3.99. The minimum Gasteiger partial charge on any atom is -0.350 e. The number of anilines is 1. The Balaban J connectivity index is 1.69. The van der Waals surface area contributed by atoms with Crippen molar-refractivity contribution in [3.8, 4) is 0 Å². The van der Waals surface area contributed by atoms with Crippen LogP contribution in [0.1, 0.15) is 50.2 Å². The molecule has 1 aliphatic carbocycles. The van der Waals surface area contributed by atoms with Crippen molar-refractivity contribution in [2.24, 2.45) is 0 Å². The van der Waals surface area contributed by atoms with E-state index in [-0.39, 0.29) is 0 Å². The van der Waals surface area contributed by atoms with Crippen LogP contribution in [-0.4, -0.2) is 18.2 Å². The van der Waals surface area contributed by atoms with Gasteiger partial charge >= 0.3 is 0 Å². The molecule has 3 nitrogen and oxygen atoms in total. The third-order valence-electron chi connectivity index (χ3n) is 6.11. The molecule has 0 atom stereocenters. The lowest BCUT2D eigenvalue weighted by atomic mass is 9.94. The SMILES string of the molecule is CC/C=C/C(=C(C)\C(C=N)=C/N(C)c1ccc2ncccc2c1)c1ccc(C2CC2)cc1. The Morgan fingerprint density at radius 3 is 2.59 bits per heavy atom. The van der Waals surface area contributed by atoms with Crippen molar-refractivity contribution in [2.45, 2.75) is 39.0 Å². The van der Waals surface area contributed by atoms with E-state index in [2.05, 4.69) is 78.3 Å². The highest BCUT2D eigenvalue weighted by Crippen LogP contribution is 2.40. The fourth-order valence-corrected chi connectivity index (χ4v) is 3.99. The second kappa shape index (κ2) is 9.78. The van der Waals surface area contributed by atoms with E-state index in [4.69, 9.17) is 5.41 Å². The number of hydrogen-bond acceptors (Lipinski definition) is 3. The van der Waals surface area contributed by atoms with Crippen LogP contribution < -0.4 is 4.90 Å². The molecule has 0 bridgehead atoms. The average Bonchev–Trinajstić information content (AvgIpc) is 3.68. The maximum absolute atomic E-state index is 8.12. The van der Waals surface area contributed by atoms with Gasteiger partial charge in [-0.3, -0.25) is 4.98 Å². The van der Waals surface area contributed by atoms with Gasteiger partial charge in [-0.15, -0.1) is 0 Å². The van der Waals surface area contributed by atoms with Crippen molar-refractivity contribution in [1.82, 2.24) is 4.98 Å². The Bertz CT molecular complexity index is 1190. The molecule has 0 saturated heterocycles. The Kier molecular flexibility index (Phi) is 6.65. The standard InChI is InChI=1S/C29H31N3/c1-4-5-8-28(24-13-11-23(12-14-24)22-9-10-22)21(2)26(19-30)20-32(3)27-15-16-29-25(18-27)7-6-17-31-29/h5-8,11-20,22,30H,4,9-10H2,1-3H3/b8-5+,26-20-,28-21+,30-19?. The molecule has 3 heteroatoms. The molecular weight excluding hydrogens is 390 g/mol. The lowest BCUT2D eigenvalue weighted by Gasteiger charge is -2.18. The van der Waals surface area contributed by atoms with E-state index in [9.17, 15) is 0 Å². The van der Waals surface area contributed by atoms with E-state index in [0.29, 0.717) is 0 Å². The van der Waals surface area contributed by atoms with Gasteiger partial charge in [-0.1, -0.05) is 49.4 Å². The summed E-state index contributed by atoms with van der Waals surface area (Å²) in [5.74, 6) is 0.756. The van der Waals surface area contributed by atoms with Crippen LogP contribution in [0, 0.1) is 5.41 Å². The molecule has 1 N–H and O–H groups in total. The van der Waals surface area contributed by atoms with Gasteiger partial charge in [-0.05, 0) is 78.6 Å². The summed E-state index contributed by atoms with van der Waals surface area (Å²) in [6, 6.07) is 19.3. The number of nitrogens with zero attached hydrogens (tertiary/aromatic N) is 2. The van der Waals surface area contributed by atoms with Crippen LogP contribution in [0.4, 0.5) is 5.69 Å². The first kappa shape index (κ1) is 21.8. The van der Waals surface area contributed by atoms with Gasteiger partial charge in [0.1, 0.15) is 0 Å². The van der Waals surface area contributed by atoms with Crippen molar-refractivity contribution in [1.29, 1.82) is 5.41 Å². The van der Waals surface area contributed by atoms with Crippen LogP contribution in [-0.2, 0) is 0 Å². The van der Waals surface area contributed by atoms with E-state index < -0.39 is 0 Å². The second-order valence-electron chi connectivity index (χ2n) is 8.47. The van der Waals surface area contributed by atoms with Crippen molar-refractivity contribution in [3.63, 3.8) is 0 Å². The number of hydrogen-bond donors (Lipinski definition) is 1. The monoisotopic (exact) mass is 421 g/mol. The average molecular weight is 422 g/mol. The van der Waals surface area contributed by atoms with Crippen LogP contribution in [0.2, 0.25) is 0 Å². The molecule has 0 spiro atoms. The maximum Gasteiger partial charge on any atom is 0.0703 e. The summed E-state index contributed by atoms with van der Waals surface area (Å²) in [7, 11) is 2.03. The minimum atomic E-state index is 0.756. The first-order chi connectivity index (χ1) is 15.6. The zero-order valence-electron chi connectivity index (χ0n) is 19.2.